The highest BCUT2D eigenvalue weighted by atomic mass is 79.9. The molecule has 0 fully saturated rings. The van der Waals surface area contributed by atoms with Gasteiger partial charge in [-0.2, -0.15) is 13.2 Å². The molecule has 0 unspecified atom stereocenters. The molecule has 1 aromatic rings. The summed E-state index contributed by atoms with van der Waals surface area (Å²) in [5.74, 6) is -0.00637. The van der Waals surface area contributed by atoms with E-state index in [1.54, 1.807) is 25.1 Å². The summed E-state index contributed by atoms with van der Waals surface area (Å²) in [5.41, 5.74) is 0.477. The zero-order valence-corrected chi connectivity index (χ0v) is 10.8. The quantitative estimate of drug-likeness (QED) is 0.919. The molecule has 0 heterocycles. The van der Waals surface area contributed by atoms with Crippen molar-refractivity contribution >= 4 is 15.9 Å². The summed E-state index contributed by atoms with van der Waals surface area (Å²) < 4.78 is 37.3. The van der Waals surface area contributed by atoms with E-state index in [4.69, 9.17) is 0 Å². The molecule has 0 bridgehead atoms. The Morgan fingerprint density at radius 1 is 1.35 bits per heavy atom. The van der Waals surface area contributed by atoms with Crippen molar-refractivity contribution in [3.8, 4) is 5.75 Å². The number of nitrogens with zero attached hydrogens (tertiary/aromatic N) is 1. The number of phenols is 1. The van der Waals surface area contributed by atoms with E-state index in [0.29, 0.717) is 10.0 Å². The van der Waals surface area contributed by atoms with E-state index in [9.17, 15) is 18.3 Å². The summed E-state index contributed by atoms with van der Waals surface area (Å²) in [5, 5.41) is 9.69. The third kappa shape index (κ3) is 4.55. The van der Waals surface area contributed by atoms with Crippen molar-refractivity contribution in [2.45, 2.75) is 19.6 Å². The molecule has 2 nitrogen and oxygen atoms in total. The van der Waals surface area contributed by atoms with Gasteiger partial charge in [-0.1, -0.05) is 19.1 Å². The minimum atomic E-state index is -4.22. The highest BCUT2D eigenvalue weighted by molar-refractivity contribution is 9.10. The van der Waals surface area contributed by atoms with E-state index in [0.717, 1.165) is 0 Å². The fourth-order valence-corrected chi connectivity index (χ4v) is 1.87. The van der Waals surface area contributed by atoms with Crippen LogP contribution in [0.4, 0.5) is 13.2 Å². The molecule has 0 saturated heterocycles. The van der Waals surface area contributed by atoms with Crippen LogP contribution in [0.25, 0.3) is 0 Å². The van der Waals surface area contributed by atoms with Gasteiger partial charge in [-0.25, -0.2) is 0 Å². The van der Waals surface area contributed by atoms with Crippen molar-refractivity contribution in [3.05, 3.63) is 28.2 Å². The average Bonchev–Trinajstić information content (AvgIpc) is 2.21. The Morgan fingerprint density at radius 3 is 2.53 bits per heavy atom. The van der Waals surface area contributed by atoms with Crippen molar-refractivity contribution < 1.29 is 18.3 Å². The highest BCUT2D eigenvalue weighted by Gasteiger charge is 2.30. The lowest BCUT2D eigenvalue weighted by molar-refractivity contribution is -0.146. The van der Waals surface area contributed by atoms with E-state index in [1.165, 1.54) is 4.90 Å². The van der Waals surface area contributed by atoms with Gasteiger partial charge in [-0.05, 0) is 28.5 Å². The minimum Gasteiger partial charge on any atom is -0.506 e. The molecule has 0 spiro atoms. The first-order chi connectivity index (χ1) is 7.83. The molecule has 1 rings (SSSR count). The first-order valence-electron chi connectivity index (χ1n) is 5.09. The molecule has 0 saturated carbocycles. The Kier molecular flexibility index (Phi) is 4.82. The zero-order valence-electron chi connectivity index (χ0n) is 9.26. The Bertz CT molecular complexity index is 381. The molecule has 0 aliphatic rings. The molecule has 0 amide bonds. The third-order valence-electron chi connectivity index (χ3n) is 2.31. The second-order valence-corrected chi connectivity index (χ2v) is 4.52. The summed E-state index contributed by atoms with van der Waals surface area (Å²) >= 11 is 3.13. The van der Waals surface area contributed by atoms with Crippen molar-refractivity contribution in [2.24, 2.45) is 0 Å². The first-order valence-corrected chi connectivity index (χ1v) is 5.88. The smallest absolute Gasteiger partial charge is 0.401 e. The summed E-state index contributed by atoms with van der Waals surface area (Å²) in [7, 11) is 0. The normalized spacial score (nSPS) is 12.1. The summed E-state index contributed by atoms with van der Waals surface area (Å²) in [6.45, 7) is 1.02. The fourth-order valence-electron chi connectivity index (χ4n) is 1.46. The summed E-state index contributed by atoms with van der Waals surface area (Å²) in [4.78, 5) is 1.22. The summed E-state index contributed by atoms with van der Waals surface area (Å²) in [6.07, 6.45) is -4.22. The van der Waals surface area contributed by atoms with E-state index >= 15 is 0 Å². The van der Waals surface area contributed by atoms with Crippen LogP contribution in [-0.2, 0) is 6.54 Å². The molecule has 0 aliphatic carbocycles. The van der Waals surface area contributed by atoms with E-state index in [1.807, 2.05) is 0 Å². The number of hydrogen-bond acceptors (Lipinski definition) is 2. The molecule has 17 heavy (non-hydrogen) atoms. The predicted molar refractivity (Wildman–Crippen MR) is 62.8 cm³/mol. The monoisotopic (exact) mass is 311 g/mol. The lowest BCUT2D eigenvalue weighted by Gasteiger charge is -2.22. The van der Waals surface area contributed by atoms with Gasteiger partial charge in [0, 0.05) is 12.1 Å². The van der Waals surface area contributed by atoms with Crippen molar-refractivity contribution in [1.82, 2.24) is 4.90 Å². The average molecular weight is 312 g/mol. The number of para-hydroxylation sites is 1. The van der Waals surface area contributed by atoms with Crippen molar-refractivity contribution in [2.75, 3.05) is 13.1 Å². The minimum absolute atomic E-state index is 0.00637. The molecule has 0 radical (unpaired) electrons. The Balaban J connectivity index is 2.77. The number of hydrogen-bond donors (Lipinski definition) is 1. The molecule has 1 N–H and O–H groups in total. The number of benzene rings is 1. The molecule has 96 valence electrons. The Hall–Kier alpha value is -0.750. The Morgan fingerprint density at radius 2 is 2.00 bits per heavy atom. The number of alkyl halides is 3. The van der Waals surface area contributed by atoms with E-state index < -0.39 is 12.7 Å². The van der Waals surface area contributed by atoms with Crippen LogP contribution in [0.1, 0.15) is 12.5 Å². The van der Waals surface area contributed by atoms with Crippen LogP contribution in [0.2, 0.25) is 0 Å². The number of aromatic hydroxyl groups is 1. The highest BCUT2D eigenvalue weighted by Crippen LogP contribution is 2.29. The SMILES string of the molecule is CCN(Cc1cccc(Br)c1O)CC(F)(F)F. The maximum Gasteiger partial charge on any atom is 0.401 e. The van der Waals surface area contributed by atoms with Gasteiger partial charge in [-0.3, -0.25) is 4.90 Å². The van der Waals surface area contributed by atoms with E-state index in [2.05, 4.69) is 15.9 Å². The lowest BCUT2D eigenvalue weighted by Crippen LogP contribution is -2.33. The third-order valence-corrected chi connectivity index (χ3v) is 2.95. The number of halogens is 4. The lowest BCUT2D eigenvalue weighted by atomic mass is 10.2. The van der Waals surface area contributed by atoms with Crippen LogP contribution >= 0.6 is 15.9 Å². The van der Waals surface area contributed by atoms with Crippen LogP contribution in [-0.4, -0.2) is 29.3 Å². The predicted octanol–water partition coefficient (Wildman–Crippen LogP) is 3.54. The van der Waals surface area contributed by atoms with Crippen LogP contribution < -0.4 is 0 Å². The number of rotatable bonds is 4. The molecule has 0 aromatic heterocycles. The maximum absolute atomic E-state index is 12.3. The van der Waals surface area contributed by atoms with Gasteiger partial charge < -0.3 is 5.11 Å². The van der Waals surface area contributed by atoms with Gasteiger partial charge >= 0.3 is 6.18 Å². The van der Waals surface area contributed by atoms with E-state index in [-0.39, 0.29) is 18.8 Å². The van der Waals surface area contributed by atoms with Crippen LogP contribution in [0.5, 0.6) is 5.75 Å². The zero-order chi connectivity index (χ0) is 13.1. The summed E-state index contributed by atoms with van der Waals surface area (Å²) in [6, 6.07) is 4.93. The van der Waals surface area contributed by atoms with Gasteiger partial charge in [0.25, 0.3) is 0 Å². The second kappa shape index (κ2) is 5.73. The van der Waals surface area contributed by atoms with Gasteiger partial charge in [0.15, 0.2) is 0 Å². The molecular weight excluding hydrogens is 299 g/mol. The van der Waals surface area contributed by atoms with Gasteiger partial charge in [0.2, 0.25) is 0 Å². The molecule has 0 aliphatic heterocycles. The van der Waals surface area contributed by atoms with Crippen molar-refractivity contribution in [1.29, 1.82) is 0 Å². The van der Waals surface area contributed by atoms with Crippen LogP contribution in [0.15, 0.2) is 22.7 Å². The van der Waals surface area contributed by atoms with Gasteiger partial charge in [0.05, 0.1) is 11.0 Å². The molecular formula is C11H13BrF3NO. The van der Waals surface area contributed by atoms with Gasteiger partial charge in [0.1, 0.15) is 5.75 Å². The van der Waals surface area contributed by atoms with Crippen LogP contribution in [0, 0.1) is 0 Å². The maximum atomic E-state index is 12.3. The molecule has 0 atom stereocenters. The topological polar surface area (TPSA) is 23.5 Å². The standard InChI is InChI=1S/C11H13BrF3NO/c1-2-16(7-11(13,14)15)6-8-4-3-5-9(12)10(8)17/h3-5,17H,2,6-7H2,1H3. The molecule has 1 aromatic carbocycles. The van der Waals surface area contributed by atoms with Crippen molar-refractivity contribution in [3.63, 3.8) is 0 Å². The second-order valence-electron chi connectivity index (χ2n) is 3.67. The Labute approximate surface area is 106 Å². The fraction of sp³-hybridized carbons (Fsp3) is 0.455. The van der Waals surface area contributed by atoms with Crippen LogP contribution in [0.3, 0.4) is 0 Å². The largest absolute Gasteiger partial charge is 0.506 e. The molecule has 6 heteroatoms. The first kappa shape index (κ1) is 14.3. The number of phenolic OH excluding ortho intramolecular Hbond substituents is 1. The van der Waals surface area contributed by atoms with Gasteiger partial charge in [-0.15, -0.1) is 0 Å².